The van der Waals surface area contributed by atoms with Crippen LogP contribution in [0.2, 0.25) is 0 Å². The van der Waals surface area contributed by atoms with E-state index in [-0.39, 0.29) is 37.1 Å². The molecule has 1 N–H and O–H groups in total. The van der Waals surface area contributed by atoms with Gasteiger partial charge in [0, 0.05) is 38.6 Å². The Bertz CT molecular complexity index is 1070. The number of fused-ring (bicyclic) bond motifs is 2. The van der Waals surface area contributed by atoms with Crippen molar-refractivity contribution in [2.75, 3.05) is 19.6 Å². The number of aromatic nitrogens is 1. The number of ether oxygens (including phenoxy) is 1. The Balaban J connectivity index is 1.31. The molecule has 2 unspecified atom stereocenters. The van der Waals surface area contributed by atoms with Crippen molar-refractivity contribution in [2.45, 2.75) is 43.6 Å². The molecule has 8 nitrogen and oxygen atoms in total. The summed E-state index contributed by atoms with van der Waals surface area (Å²) in [5.74, 6) is -0.899. The molecule has 3 aliphatic rings. The van der Waals surface area contributed by atoms with Gasteiger partial charge in [-0.2, -0.15) is 0 Å². The second-order valence-electron chi connectivity index (χ2n) is 9.02. The number of pyridine rings is 1. The van der Waals surface area contributed by atoms with Crippen molar-refractivity contribution in [2.24, 2.45) is 0 Å². The molecule has 3 saturated heterocycles. The highest BCUT2D eigenvalue weighted by Gasteiger charge is 2.64. The van der Waals surface area contributed by atoms with Crippen LogP contribution in [0.5, 0.6) is 5.75 Å². The van der Waals surface area contributed by atoms with Gasteiger partial charge in [-0.1, -0.05) is 18.2 Å². The predicted octanol–water partition coefficient (Wildman–Crippen LogP) is 1.54. The number of rotatable bonds is 5. The van der Waals surface area contributed by atoms with E-state index in [9.17, 15) is 27.9 Å². The lowest BCUT2D eigenvalue weighted by atomic mass is 9.82. The molecule has 0 aliphatic carbocycles. The van der Waals surface area contributed by atoms with Crippen molar-refractivity contribution in [3.63, 3.8) is 0 Å². The van der Waals surface area contributed by atoms with Gasteiger partial charge in [0.2, 0.25) is 5.91 Å². The zero-order chi connectivity index (χ0) is 24.1. The van der Waals surface area contributed by atoms with Crippen LogP contribution in [0.15, 0.2) is 48.8 Å². The number of aliphatic hydroxyl groups is 1. The summed E-state index contributed by atoms with van der Waals surface area (Å²) in [7, 11) is 0. The molecule has 5 rings (SSSR count). The van der Waals surface area contributed by atoms with Gasteiger partial charge in [0.05, 0.1) is 18.7 Å². The molecular formula is C23H23F3N4O4. The number of halogens is 3. The van der Waals surface area contributed by atoms with Crippen LogP contribution >= 0.6 is 0 Å². The average Bonchev–Trinajstić information content (AvgIpc) is 3.16. The normalized spacial score (nSPS) is 24.9. The molecule has 1 spiro atoms. The fourth-order valence-electron chi connectivity index (χ4n) is 5.18. The van der Waals surface area contributed by atoms with Crippen molar-refractivity contribution in [3.05, 3.63) is 59.9 Å². The topological polar surface area (TPSA) is 86.2 Å². The van der Waals surface area contributed by atoms with E-state index in [1.807, 2.05) is 9.80 Å². The van der Waals surface area contributed by atoms with E-state index in [0.717, 1.165) is 11.1 Å². The number of nitrogens with zero attached hydrogens (tertiary/aromatic N) is 4. The van der Waals surface area contributed by atoms with Gasteiger partial charge in [-0.3, -0.25) is 29.3 Å². The number of hydrogen-bond donors (Lipinski definition) is 1. The molecule has 3 aliphatic heterocycles. The number of carbonyl (C=O) groups is 2. The van der Waals surface area contributed by atoms with Crippen LogP contribution in [0.25, 0.3) is 0 Å². The molecule has 2 aromatic rings. The quantitative estimate of drug-likeness (QED) is 0.656. The predicted molar refractivity (Wildman–Crippen MR) is 112 cm³/mol. The van der Waals surface area contributed by atoms with E-state index >= 15 is 0 Å². The Morgan fingerprint density at radius 2 is 1.82 bits per heavy atom. The van der Waals surface area contributed by atoms with Crippen molar-refractivity contribution < 1.29 is 32.6 Å². The summed E-state index contributed by atoms with van der Waals surface area (Å²) in [6.07, 6.45) is -1.93. The number of aliphatic hydroxyl groups excluding tert-OH is 1. The Morgan fingerprint density at radius 3 is 2.47 bits per heavy atom. The lowest BCUT2D eigenvalue weighted by Crippen LogP contribution is -2.81. The summed E-state index contributed by atoms with van der Waals surface area (Å²) in [6.45, 7) is 1.51. The lowest BCUT2D eigenvalue weighted by molar-refractivity contribution is -0.274. The van der Waals surface area contributed by atoms with Crippen LogP contribution in [0.1, 0.15) is 17.5 Å². The second-order valence-corrected chi connectivity index (χ2v) is 9.02. The maximum absolute atomic E-state index is 13.6. The monoisotopic (exact) mass is 476 g/mol. The van der Waals surface area contributed by atoms with Gasteiger partial charge >= 0.3 is 6.36 Å². The second kappa shape index (κ2) is 8.33. The fourth-order valence-corrected chi connectivity index (χ4v) is 5.18. The Labute approximate surface area is 193 Å². The molecule has 0 saturated carbocycles. The summed E-state index contributed by atoms with van der Waals surface area (Å²) in [4.78, 5) is 35.9. The van der Waals surface area contributed by atoms with Gasteiger partial charge < -0.3 is 9.84 Å². The molecule has 1 aromatic heterocycles. The lowest BCUT2D eigenvalue weighted by Gasteiger charge is -2.58. The number of alkyl halides is 3. The van der Waals surface area contributed by atoms with Gasteiger partial charge in [-0.05, 0) is 35.7 Å². The zero-order valence-electron chi connectivity index (χ0n) is 18.1. The van der Waals surface area contributed by atoms with E-state index in [2.05, 4.69) is 9.72 Å². The molecule has 0 bridgehead atoms. The highest BCUT2D eigenvalue weighted by atomic mass is 19.4. The molecule has 180 valence electrons. The molecule has 34 heavy (non-hydrogen) atoms. The van der Waals surface area contributed by atoms with Gasteiger partial charge in [-0.15, -0.1) is 13.2 Å². The summed E-state index contributed by atoms with van der Waals surface area (Å²) >= 11 is 0. The van der Waals surface area contributed by atoms with Crippen LogP contribution in [0.3, 0.4) is 0 Å². The number of benzene rings is 1. The van der Waals surface area contributed by atoms with Gasteiger partial charge in [0.25, 0.3) is 5.91 Å². The maximum Gasteiger partial charge on any atom is 0.573 e. The Kier molecular flexibility index (Phi) is 5.58. The van der Waals surface area contributed by atoms with Crippen LogP contribution in [-0.2, 0) is 22.7 Å². The molecule has 2 amide bonds. The van der Waals surface area contributed by atoms with Crippen molar-refractivity contribution in [1.82, 2.24) is 19.7 Å². The van der Waals surface area contributed by atoms with E-state index in [0.29, 0.717) is 19.6 Å². The third kappa shape index (κ3) is 4.15. The molecule has 3 fully saturated rings. The number of β-amino-alcohol motifs (C(OH)–C–C–N with tert-alkyl or cyclic N) is 1. The Morgan fingerprint density at radius 1 is 1.09 bits per heavy atom. The van der Waals surface area contributed by atoms with E-state index in [1.54, 1.807) is 36.7 Å². The zero-order valence-corrected chi connectivity index (χ0v) is 18.1. The average molecular weight is 476 g/mol. The first kappa shape index (κ1) is 22.8. The van der Waals surface area contributed by atoms with Crippen LogP contribution in [0.4, 0.5) is 13.2 Å². The number of imide groups is 1. The summed E-state index contributed by atoms with van der Waals surface area (Å²) in [5.41, 5.74) is 0.593. The van der Waals surface area contributed by atoms with Crippen LogP contribution < -0.4 is 4.74 Å². The maximum atomic E-state index is 13.6. The smallest absolute Gasteiger partial charge is 0.406 e. The summed E-state index contributed by atoms with van der Waals surface area (Å²) < 4.78 is 41.0. The van der Waals surface area contributed by atoms with Crippen molar-refractivity contribution in [3.8, 4) is 5.75 Å². The molecule has 4 heterocycles. The van der Waals surface area contributed by atoms with Crippen molar-refractivity contribution >= 4 is 11.8 Å². The minimum atomic E-state index is -4.75. The number of likely N-dealkylation sites (tertiary alicyclic amines) is 1. The molecule has 1 aromatic carbocycles. The number of piperazine rings is 1. The number of hydrogen-bond acceptors (Lipinski definition) is 7. The van der Waals surface area contributed by atoms with Gasteiger partial charge in [0.15, 0.2) is 0 Å². The standard InChI is InChI=1S/C23H23F3N4O4/c24-23(25,26)34-18-5-3-15(4-6-18)10-28-13-22(14-28)21(33)29(11-16-2-1-7-27-9-16)20(32)19-8-17(31)12-30(19)22/h1-7,9,17,19,31H,8,10-14H2. The largest absolute Gasteiger partial charge is 0.573 e. The third-order valence-corrected chi connectivity index (χ3v) is 6.62. The number of amides is 2. The van der Waals surface area contributed by atoms with E-state index in [4.69, 9.17) is 0 Å². The van der Waals surface area contributed by atoms with Crippen LogP contribution in [-0.4, -0.2) is 80.3 Å². The van der Waals surface area contributed by atoms with E-state index < -0.39 is 24.0 Å². The molecular weight excluding hydrogens is 453 g/mol. The third-order valence-electron chi connectivity index (χ3n) is 6.62. The highest BCUT2D eigenvalue weighted by molar-refractivity contribution is 6.06. The van der Waals surface area contributed by atoms with Crippen molar-refractivity contribution in [1.29, 1.82) is 0 Å². The molecule has 2 atom stereocenters. The summed E-state index contributed by atoms with van der Waals surface area (Å²) in [5, 5.41) is 10.3. The molecule has 0 radical (unpaired) electrons. The Hall–Kier alpha value is -3.02. The first-order valence-electron chi connectivity index (χ1n) is 10.9. The first-order chi connectivity index (χ1) is 16.1. The minimum Gasteiger partial charge on any atom is -0.406 e. The summed E-state index contributed by atoms with van der Waals surface area (Å²) in [6, 6.07) is 8.59. The SMILES string of the molecule is O=C1C2CC(O)CN2C2(CN(Cc3ccc(OC(F)(F)F)cc3)C2)C(=O)N1Cc1cccnc1. The van der Waals surface area contributed by atoms with Gasteiger partial charge in [-0.25, -0.2) is 0 Å². The molecule has 11 heteroatoms. The first-order valence-corrected chi connectivity index (χ1v) is 10.9. The van der Waals surface area contributed by atoms with Crippen LogP contribution in [0, 0.1) is 0 Å². The fraction of sp³-hybridized carbons (Fsp3) is 0.435. The number of carbonyl (C=O) groups excluding carboxylic acids is 2. The van der Waals surface area contributed by atoms with Gasteiger partial charge in [0.1, 0.15) is 11.3 Å². The highest BCUT2D eigenvalue weighted by Crippen LogP contribution is 2.41. The minimum absolute atomic E-state index is 0.119. The van der Waals surface area contributed by atoms with E-state index in [1.165, 1.54) is 17.0 Å².